The highest BCUT2D eigenvalue weighted by Gasteiger charge is 2.67. The van der Waals surface area contributed by atoms with Crippen LogP contribution in [0, 0.1) is 34.0 Å². The average Bonchev–Trinajstić information content (AvgIpc) is 2.78. The van der Waals surface area contributed by atoms with Crippen LogP contribution in [0.3, 0.4) is 0 Å². The Morgan fingerprint density at radius 1 is 1.18 bits per heavy atom. The maximum atomic E-state index is 10.8. The summed E-state index contributed by atoms with van der Waals surface area (Å²) in [4.78, 5) is 0. The Balaban J connectivity index is 1.75. The van der Waals surface area contributed by atoms with Crippen molar-refractivity contribution >= 4 is 0 Å². The molecule has 0 amide bonds. The van der Waals surface area contributed by atoms with E-state index in [2.05, 4.69) is 32.1 Å². The van der Waals surface area contributed by atoms with Crippen molar-refractivity contribution in [2.75, 3.05) is 0 Å². The number of fused-ring (bicyclic) bond motifs is 1. The standard InChI is InChI=1S/C21H30O/c1-3-20-10-6-14-12-15(20)4-5-17-16(20)7-9-19(2)18(22)8-11-21(17,19)13-14/h4-5,12,14,16-18,22H,3,6-11,13H2,1-2H3/t14?,16-,17+,18-,19+,20-,21+/m0/s1. The molecule has 0 aliphatic heterocycles. The summed E-state index contributed by atoms with van der Waals surface area (Å²) in [6.07, 6.45) is 18.0. The Hall–Kier alpha value is -0.560. The molecule has 22 heavy (non-hydrogen) atoms. The molecule has 7 rings (SSSR count). The summed E-state index contributed by atoms with van der Waals surface area (Å²) in [5.74, 6) is 2.34. The molecule has 1 nitrogen and oxygen atoms in total. The summed E-state index contributed by atoms with van der Waals surface area (Å²) in [6.45, 7) is 4.86. The van der Waals surface area contributed by atoms with Crippen LogP contribution in [0.1, 0.15) is 65.2 Å². The van der Waals surface area contributed by atoms with E-state index in [9.17, 15) is 5.11 Å². The Kier molecular flexibility index (Phi) is 2.58. The number of aliphatic hydroxyl groups is 1. The summed E-state index contributed by atoms with van der Waals surface area (Å²) in [7, 11) is 0. The van der Waals surface area contributed by atoms with Crippen LogP contribution in [-0.2, 0) is 0 Å². The first kappa shape index (κ1) is 13.8. The third-order valence-electron chi connectivity index (χ3n) is 9.18. The van der Waals surface area contributed by atoms with E-state index in [1.54, 1.807) is 5.57 Å². The zero-order valence-electron chi connectivity index (χ0n) is 14.1. The van der Waals surface area contributed by atoms with Gasteiger partial charge in [-0.1, -0.05) is 32.1 Å². The first-order valence-electron chi connectivity index (χ1n) is 9.64. The van der Waals surface area contributed by atoms with Crippen molar-refractivity contribution in [1.29, 1.82) is 0 Å². The zero-order chi connectivity index (χ0) is 15.2. The Labute approximate surface area is 134 Å². The zero-order valence-corrected chi connectivity index (χ0v) is 14.1. The largest absolute Gasteiger partial charge is 0.393 e. The Morgan fingerprint density at radius 2 is 2.05 bits per heavy atom. The van der Waals surface area contributed by atoms with Gasteiger partial charge in [0.05, 0.1) is 6.10 Å². The van der Waals surface area contributed by atoms with Gasteiger partial charge in [-0.15, -0.1) is 0 Å². The third-order valence-corrected chi connectivity index (χ3v) is 9.18. The Morgan fingerprint density at radius 3 is 2.86 bits per heavy atom. The molecule has 0 aromatic heterocycles. The second kappa shape index (κ2) is 4.09. The molecular weight excluding hydrogens is 268 g/mol. The van der Waals surface area contributed by atoms with Crippen molar-refractivity contribution in [1.82, 2.24) is 0 Å². The normalized spacial score (nSPS) is 58.2. The minimum Gasteiger partial charge on any atom is -0.393 e. The minimum absolute atomic E-state index is 0.0669. The quantitative estimate of drug-likeness (QED) is 0.732. The van der Waals surface area contributed by atoms with Crippen LogP contribution >= 0.6 is 0 Å². The smallest absolute Gasteiger partial charge is 0.0599 e. The van der Waals surface area contributed by atoms with E-state index in [0.717, 1.165) is 24.2 Å². The molecule has 7 aliphatic rings. The lowest BCUT2D eigenvalue weighted by atomic mass is 9.39. The molecule has 7 aliphatic carbocycles. The summed E-state index contributed by atoms with van der Waals surface area (Å²) >= 11 is 0. The minimum atomic E-state index is -0.0669. The van der Waals surface area contributed by atoms with Gasteiger partial charge in [0, 0.05) is 0 Å². The molecule has 120 valence electrons. The topological polar surface area (TPSA) is 20.2 Å². The molecule has 0 heterocycles. The van der Waals surface area contributed by atoms with Crippen LogP contribution in [0.4, 0.5) is 0 Å². The van der Waals surface area contributed by atoms with Crippen LogP contribution in [-0.4, -0.2) is 11.2 Å². The fraction of sp³-hybridized carbons (Fsp3) is 0.810. The second-order valence-electron chi connectivity index (χ2n) is 9.29. The van der Waals surface area contributed by atoms with E-state index < -0.39 is 0 Å². The number of allylic oxidation sites excluding steroid dienone is 4. The van der Waals surface area contributed by atoms with Crippen LogP contribution in [0.15, 0.2) is 23.8 Å². The first-order valence-corrected chi connectivity index (χ1v) is 9.64. The van der Waals surface area contributed by atoms with Gasteiger partial charge in [-0.3, -0.25) is 0 Å². The maximum absolute atomic E-state index is 10.8. The monoisotopic (exact) mass is 298 g/mol. The average molecular weight is 298 g/mol. The number of aliphatic hydroxyl groups excluding tert-OH is 1. The van der Waals surface area contributed by atoms with E-state index in [1.807, 2.05) is 0 Å². The molecule has 1 N–H and O–H groups in total. The number of hydrogen-bond donors (Lipinski definition) is 1. The van der Waals surface area contributed by atoms with Gasteiger partial charge in [0.15, 0.2) is 0 Å². The summed E-state index contributed by atoms with van der Waals surface area (Å²) < 4.78 is 0. The van der Waals surface area contributed by atoms with Crippen LogP contribution in [0.5, 0.6) is 0 Å². The highest BCUT2D eigenvalue weighted by Crippen LogP contribution is 2.74. The summed E-state index contributed by atoms with van der Waals surface area (Å²) in [5.41, 5.74) is 2.69. The van der Waals surface area contributed by atoms with E-state index in [0.29, 0.717) is 10.8 Å². The van der Waals surface area contributed by atoms with E-state index in [4.69, 9.17) is 0 Å². The maximum Gasteiger partial charge on any atom is 0.0599 e. The van der Waals surface area contributed by atoms with Gasteiger partial charge in [0.25, 0.3) is 0 Å². The third kappa shape index (κ3) is 1.30. The van der Waals surface area contributed by atoms with Gasteiger partial charge < -0.3 is 5.11 Å². The predicted octanol–water partition coefficient (Wildman–Crippen LogP) is 4.87. The molecule has 0 saturated heterocycles. The van der Waals surface area contributed by atoms with Crippen LogP contribution < -0.4 is 0 Å². The van der Waals surface area contributed by atoms with Crippen LogP contribution in [0.2, 0.25) is 0 Å². The molecule has 0 radical (unpaired) electrons. The van der Waals surface area contributed by atoms with Gasteiger partial charge in [-0.2, -0.15) is 0 Å². The van der Waals surface area contributed by atoms with E-state index in [-0.39, 0.29) is 11.5 Å². The van der Waals surface area contributed by atoms with Gasteiger partial charge in [-0.25, -0.2) is 0 Å². The highest BCUT2D eigenvalue weighted by molar-refractivity contribution is 5.39. The van der Waals surface area contributed by atoms with Crippen LogP contribution in [0.25, 0.3) is 0 Å². The first-order chi connectivity index (χ1) is 10.6. The summed E-state index contributed by atoms with van der Waals surface area (Å²) in [6, 6.07) is 0. The lowest BCUT2D eigenvalue weighted by molar-refractivity contribution is -0.136. The van der Waals surface area contributed by atoms with Gasteiger partial charge in [-0.05, 0) is 90.9 Å². The Bertz CT molecular complexity index is 574. The molecule has 7 atom stereocenters. The summed E-state index contributed by atoms with van der Waals surface area (Å²) in [5, 5.41) is 10.8. The van der Waals surface area contributed by atoms with Gasteiger partial charge >= 0.3 is 0 Å². The van der Waals surface area contributed by atoms with Crippen molar-refractivity contribution < 1.29 is 5.11 Å². The molecule has 0 aromatic rings. The SMILES string of the molecule is CC[C@]12CCC3C=C1C=C[C@@H]1[C@@H]2CC[C@]2(C)[C@@H](O)CC[C@@]12C3. The molecule has 3 saturated carbocycles. The van der Waals surface area contributed by atoms with Crippen molar-refractivity contribution in [3.05, 3.63) is 23.8 Å². The van der Waals surface area contributed by atoms with E-state index in [1.165, 1.54) is 44.9 Å². The highest BCUT2D eigenvalue weighted by atomic mass is 16.3. The molecule has 1 heteroatoms. The van der Waals surface area contributed by atoms with Crippen molar-refractivity contribution in [3.63, 3.8) is 0 Å². The lowest BCUT2D eigenvalue weighted by Gasteiger charge is -2.65. The predicted molar refractivity (Wildman–Crippen MR) is 89.3 cm³/mol. The molecule has 6 bridgehead atoms. The molecule has 3 fully saturated rings. The fourth-order valence-corrected chi connectivity index (χ4v) is 7.91. The van der Waals surface area contributed by atoms with E-state index >= 15 is 0 Å². The molecule has 1 unspecified atom stereocenters. The van der Waals surface area contributed by atoms with Crippen molar-refractivity contribution in [2.45, 2.75) is 71.3 Å². The van der Waals surface area contributed by atoms with Crippen molar-refractivity contribution in [3.8, 4) is 0 Å². The number of hydrogen-bond acceptors (Lipinski definition) is 1. The van der Waals surface area contributed by atoms with Gasteiger partial charge in [0.1, 0.15) is 0 Å². The fourth-order valence-electron chi connectivity index (χ4n) is 7.91. The number of rotatable bonds is 1. The van der Waals surface area contributed by atoms with Crippen molar-refractivity contribution in [2.24, 2.45) is 34.0 Å². The lowest BCUT2D eigenvalue weighted by Crippen LogP contribution is -2.59. The molecule has 0 aromatic carbocycles. The van der Waals surface area contributed by atoms with Gasteiger partial charge in [0.2, 0.25) is 0 Å². The molecular formula is C21H30O. The molecule has 1 spiro atoms. The second-order valence-corrected chi connectivity index (χ2v) is 9.29.